The molecule has 4 heteroatoms. The Balaban J connectivity index is 1.53. The van der Waals surface area contributed by atoms with Crippen LogP contribution in [0, 0.1) is 11.3 Å². The van der Waals surface area contributed by atoms with Crippen molar-refractivity contribution in [2.24, 2.45) is 17.1 Å². The van der Waals surface area contributed by atoms with Gasteiger partial charge in [-0.25, -0.2) is 0 Å². The molecule has 1 amide bonds. The molecule has 2 atom stereocenters. The Bertz CT molecular complexity index is 342. The number of hydrogen-bond donors (Lipinski definition) is 1. The molecule has 0 aromatic heterocycles. The van der Waals surface area contributed by atoms with E-state index in [0.29, 0.717) is 11.3 Å². The fourth-order valence-electron chi connectivity index (χ4n) is 4.22. The second-order valence-corrected chi connectivity index (χ2v) is 7.06. The number of likely N-dealkylation sites (tertiary alicyclic amines) is 1. The third-order valence-electron chi connectivity index (χ3n) is 5.75. The number of ether oxygens (including phenoxy) is 1. The Kier molecular flexibility index (Phi) is 4.32. The molecule has 2 unspecified atom stereocenters. The van der Waals surface area contributed by atoms with Crippen molar-refractivity contribution in [3.05, 3.63) is 0 Å². The van der Waals surface area contributed by atoms with Gasteiger partial charge in [-0.05, 0) is 50.4 Å². The van der Waals surface area contributed by atoms with E-state index in [1.54, 1.807) is 0 Å². The van der Waals surface area contributed by atoms with E-state index in [2.05, 4.69) is 4.90 Å². The fourth-order valence-corrected chi connectivity index (χ4v) is 4.22. The third-order valence-corrected chi connectivity index (χ3v) is 5.75. The van der Waals surface area contributed by atoms with Crippen molar-refractivity contribution in [1.82, 2.24) is 4.90 Å². The summed E-state index contributed by atoms with van der Waals surface area (Å²) in [5.41, 5.74) is 6.49. The van der Waals surface area contributed by atoms with Crippen LogP contribution in [0.1, 0.15) is 51.4 Å². The highest BCUT2D eigenvalue weighted by Gasteiger charge is 2.38. The molecule has 4 nitrogen and oxygen atoms in total. The van der Waals surface area contributed by atoms with Gasteiger partial charge in [-0.3, -0.25) is 4.79 Å². The summed E-state index contributed by atoms with van der Waals surface area (Å²) in [7, 11) is 0. The summed E-state index contributed by atoms with van der Waals surface area (Å²) in [6.07, 6.45) is 8.85. The van der Waals surface area contributed by atoms with Crippen molar-refractivity contribution in [2.45, 2.75) is 57.4 Å². The predicted molar refractivity (Wildman–Crippen MR) is 78.2 cm³/mol. The molecule has 1 aliphatic carbocycles. The number of carbonyl (C=O) groups is 1. The minimum Gasteiger partial charge on any atom is -0.381 e. The van der Waals surface area contributed by atoms with Gasteiger partial charge in [0.2, 0.25) is 5.91 Å². The highest BCUT2D eigenvalue weighted by atomic mass is 16.5. The first-order valence-electron chi connectivity index (χ1n) is 8.31. The topological polar surface area (TPSA) is 55.6 Å². The molecular weight excluding hydrogens is 252 g/mol. The molecule has 2 saturated heterocycles. The molecule has 1 saturated carbocycles. The highest BCUT2D eigenvalue weighted by Crippen LogP contribution is 2.41. The third kappa shape index (κ3) is 3.01. The minimum absolute atomic E-state index is 0.197. The van der Waals surface area contributed by atoms with Crippen molar-refractivity contribution >= 4 is 5.91 Å². The summed E-state index contributed by atoms with van der Waals surface area (Å²) >= 11 is 0. The van der Waals surface area contributed by atoms with Gasteiger partial charge in [0.15, 0.2) is 0 Å². The Hall–Kier alpha value is -0.610. The molecule has 2 aliphatic heterocycles. The van der Waals surface area contributed by atoms with Gasteiger partial charge in [-0.2, -0.15) is 0 Å². The maximum Gasteiger partial charge on any atom is 0.225 e. The second-order valence-electron chi connectivity index (χ2n) is 7.06. The summed E-state index contributed by atoms with van der Waals surface area (Å²) in [6, 6.07) is 0.240. The average molecular weight is 280 g/mol. The normalized spacial score (nSPS) is 34.1. The molecule has 1 spiro atoms. The van der Waals surface area contributed by atoms with Crippen LogP contribution in [0.3, 0.4) is 0 Å². The largest absolute Gasteiger partial charge is 0.381 e. The van der Waals surface area contributed by atoms with Crippen LogP contribution in [0.15, 0.2) is 0 Å². The van der Waals surface area contributed by atoms with Gasteiger partial charge in [0, 0.05) is 38.3 Å². The van der Waals surface area contributed by atoms with Crippen LogP contribution in [0.4, 0.5) is 0 Å². The lowest BCUT2D eigenvalue weighted by Crippen LogP contribution is -2.48. The first-order chi connectivity index (χ1) is 9.69. The Morgan fingerprint density at radius 1 is 1.10 bits per heavy atom. The molecule has 0 radical (unpaired) electrons. The molecule has 3 aliphatic rings. The Labute approximate surface area is 122 Å². The lowest BCUT2D eigenvalue weighted by molar-refractivity contribution is -0.140. The van der Waals surface area contributed by atoms with Gasteiger partial charge in [0.05, 0.1) is 0 Å². The Morgan fingerprint density at radius 3 is 2.45 bits per heavy atom. The maximum absolute atomic E-state index is 12.6. The summed E-state index contributed by atoms with van der Waals surface area (Å²) in [5, 5.41) is 0. The van der Waals surface area contributed by atoms with Crippen molar-refractivity contribution in [1.29, 1.82) is 0 Å². The summed E-state index contributed by atoms with van der Waals surface area (Å²) in [6.45, 7) is 3.71. The maximum atomic E-state index is 12.6. The minimum atomic E-state index is 0.197. The van der Waals surface area contributed by atoms with Gasteiger partial charge >= 0.3 is 0 Å². The number of rotatable bonds is 1. The molecule has 0 bridgehead atoms. The number of hydrogen-bond acceptors (Lipinski definition) is 3. The van der Waals surface area contributed by atoms with Gasteiger partial charge in [0.1, 0.15) is 0 Å². The predicted octanol–water partition coefficient (Wildman–Crippen LogP) is 1.92. The number of nitrogens with two attached hydrogens (primary N) is 1. The van der Waals surface area contributed by atoms with E-state index in [0.717, 1.165) is 52.0 Å². The van der Waals surface area contributed by atoms with E-state index >= 15 is 0 Å². The van der Waals surface area contributed by atoms with E-state index in [-0.39, 0.29) is 12.0 Å². The summed E-state index contributed by atoms with van der Waals surface area (Å²) in [4.78, 5) is 14.7. The first-order valence-corrected chi connectivity index (χ1v) is 8.31. The van der Waals surface area contributed by atoms with Crippen LogP contribution in [0.5, 0.6) is 0 Å². The smallest absolute Gasteiger partial charge is 0.225 e. The summed E-state index contributed by atoms with van der Waals surface area (Å²) in [5.74, 6) is 0.574. The van der Waals surface area contributed by atoms with Crippen LogP contribution in [0.2, 0.25) is 0 Å². The summed E-state index contributed by atoms with van der Waals surface area (Å²) < 4.78 is 5.48. The lowest BCUT2D eigenvalue weighted by atomic mass is 9.72. The molecular formula is C16H28N2O2. The van der Waals surface area contributed by atoms with E-state index in [1.807, 2.05) is 0 Å². The van der Waals surface area contributed by atoms with Crippen LogP contribution >= 0.6 is 0 Å². The highest BCUT2D eigenvalue weighted by molar-refractivity contribution is 5.79. The molecule has 2 heterocycles. The number of carbonyl (C=O) groups excluding carboxylic acids is 1. The molecule has 3 rings (SSSR count). The standard InChI is InChI=1S/C16H28N2O2/c17-14-3-1-2-13(12-14)15(19)18-8-4-16(5-9-18)6-10-20-11-7-16/h13-14H,1-12,17H2. The van der Waals surface area contributed by atoms with E-state index in [1.165, 1.54) is 25.7 Å². The SMILES string of the molecule is NC1CCCC(C(=O)N2CCC3(CCOCC3)CC2)C1. The Morgan fingerprint density at radius 2 is 1.80 bits per heavy atom. The molecule has 0 aromatic carbocycles. The zero-order chi connectivity index (χ0) is 14.0. The molecule has 114 valence electrons. The number of nitrogens with zero attached hydrogens (tertiary/aromatic N) is 1. The van der Waals surface area contributed by atoms with E-state index in [9.17, 15) is 4.79 Å². The van der Waals surface area contributed by atoms with Gasteiger partial charge in [-0.15, -0.1) is 0 Å². The first kappa shape index (κ1) is 14.3. The van der Waals surface area contributed by atoms with E-state index in [4.69, 9.17) is 10.5 Å². The van der Waals surface area contributed by atoms with Gasteiger partial charge < -0.3 is 15.4 Å². The van der Waals surface area contributed by atoms with E-state index < -0.39 is 0 Å². The van der Waals surface area contributed by atoms with Gasteiger partial charge in [0.25, 0.3) is 0 Å². The molecule has 3 fully saturated rings. The van der Waals surface area contributed by atoms with Crippen LogP contribution < -0.4 is 5.73 Å². The van der Waals surface area contributed by atoms with Crippen molar-refractivity contribution in [3.63, 3.8) is 0 Å². The van der Waals surface area contributed by atoms with Crippen molar-refractivity contribution in [3.8, 4) is 0 Å². The quantitative estimate of drug-likeness (QED) is 0.798. The number of amides is 1. The molecule has 2 N–H and O–H groups in total. The molecule has 0 aromatic rings. The zero-order valence-electron chi connectivity index (χ0n) is 12.5. The second kappa shape index (κ2) is 6.02. The van der Waals surface area contributed by atoms with Gasteiger partial charge in [-0.1, -0.05) is 6.42 Å². The van der Waals surface area contributed by atoms with Crippen molar-refractivity contribution in [2.75, 3.05) is 26.3 Å². The number of piperidine rings is 1. The van der Waals surface area contributed by atoms with Crippen molar-refractivity contribution < 1.29 is 9.53 Å². The average Bonchev–Trinajstić information content (AvgIpc) is 2.48. The zero-order valence-corrected chi connectivity index (χ0v) is 12.5. The van der Waals surface area contributed by atoms with Crippen LogP contribution in [-0.4, -0.2) is 43.2 Å². The monoisotopic (exact) mass is 280 g/mol. The fraction of sp³-hybridized carbons (Fsp3) is 0.938. The lowest BCUT2D eigenvalue weighted by Gasteiger charge is -2.45. The van der Waals surface area contributed by atoms with Crippen LogP contribution in [0.25, 0.3) is 0 Å². The van der Waals surface area contributed by atoms with Crippen LogP contribution in [-0.2, 0) is 9.53 Å². The molecule has 20 heavy (non-hydrogen) atoms.